The van der Waals surface area contributed by atoms with Crippen molar-refractivity contribution in [2.24, 2.45) is 11.3 Å². The van der Waals surface area contributed by atoms with Gasteiger partial charge in [-0.1, -0.05) is 26.3 Å². The van der Waals surface area contributed by atoms with E-state index in [0.717, 1.165) is 49.5 Å². The van der Waals surface area contributed by atoms with E-state index < -0.39 is 5.41 Å². The fourth-order valence-corrected chi connectivity index (χ4v) is 4.89. The predicted molar refractivity (Wildman–Crippen MR) is 86.3 cm³/mol. The van der Waals surface area contributed by atoms with Crippen molar-refractivity contribution >= 4 is 6.29 Å². The van der Waals surface area contributed by atoms with Crippen LogP contribution in [0.4, 0.5) is 0 Å². The molecular formula is C19H24O3. The summed E-state index contributed by atoms with van der Waals surface area (Å²) in [5, 5.41) is 9.98. The van der Waals surface area contributed by atoms with Crippen LogP contribution in [0, 0.1) is 18.3 Å². The number of hydrogen-bond acceptors (Lipinski definition) is 3. The maximum absolute atomic E-state index is 12.2. The van der Waals surface area contributed by atoms with Gasteiger partial charge in [-0.05, 0) is 66.7 Å². The Morgan fingerprint density at radius 1 is 1.27 bits per heavy atom. The molecule has 1 aromatic rings. The standard InChI is InChI=1S/C19H24O3/c1-12-9-13-5-6-16-18(2,3)7-4-8-19(16,11-20)14(13)10-15(21)17(12)22/h9-11,16H,4-8H2,1-3H3,(H,21,22). The molecule has 0 radical (unpaired) electrons. The van der Waals surface area contributed by atoms with Gasteiger partial charge in [0.25, 0.3) is 0 Å². The van der Waals surface area contributed by atoms with Crippen LogP contribution in [0.25, 0.3) is 0 Å². The lowest BCUT2D eigenvalue weighted by Crippen LogP contribution is -2.50. The van der Waals surface area contributed by atoms with Crippen LogP contribution >= 0.6 is 0 Å². The van der Waals surface area contributed by atoms with Crippen molar-refractivity contribution in [1.29, 1.82) is 0 Å². The highest BCUT2D eigenvalue weighted by molar-refractivity contribution is 5.72. The van der Waals surface area contributed by atoms with Gasteiger partial charge >= 0.3 is 0 Å². The summed E-state index contributed by atoms with van der Waals surface area (Å²) in [6, 6.07) is 3.43. The number of rotatable bonds is 1. The molecule has 0 saturated heterocycles. The highest BCUT2D eigenvalue weighted by Gasteiger charge is 2.52. The summed E-state index contributed by atoms with van der Waals surface area (Å²) >= 11 is 0. The number of carbonyl (C=O) groups is 1. The Balaban J connectivity index is 2.31. The first-order valence-electron chi connectivity index (χ1n) is 8.15. The quantitative estimate of drug-likeness (QED) is 0.810. The zero-order valence-electron chi connectivity index (χ0n) is 13.6. The van der Waals surface area contributed by atoms with Gasteiger partial charge in [0.05, 0.1) is 5.41 Å². The lowest BCUT2D eigenvalue weighted by Gasteiger charge is -2.52. The zero-order chi connectivity index (χ0) is 16.1. The molecule has 1 saturated carbocycles. The van der Waals surface area contributed by atoms with Crippen molar-refractivity contribution in [2.45, 2.75) is 58.3 Å². The van der Waals surface area contributed by atoms with Crippen molar-refractivity contribution in [1.82, 2.24) is 0 Å². The highest BCUT2D eigenvalue weighted by Crippen LogP contribution is 2.56. The Bertz CT molecular complexity index is 690. The first-order chi connectivity index (χ1) is 10.3. The van der Waals surface area contributed by atoms with Crippen LogP contribution in [-0.4, -0.2) is 11.4 Å². The number of fused-ring (bicyclic) bond motifs is 3. The van der Waals surface area contributed by atoms with Gasteiger partial charge in [0.2, 0.25) is 5.43 Å². The molecule has 3 rings (SSSR count). The molecule has 1 fully saturated rings. The molecule has 0 bridgehead atoms. The van der Waals surface area contributed by atoms with Gasteiger partial charge in [0, 0.05) is 0 Å². The number of aromatic hydroxyl groups is 1. The fraction of sp³-hybridized carbons (Fsp3) is 0.579. The van der Waals surface area contributed by atoms with Crippen LogP contribution in [-0.2, 0) is 16.6 Å². The van der Waals surface area contributed by atoms with E-state index in [1.807, 2.05) is 6.07 Å². The Labute approximate surface area is 131 Å². The Hall–Kier alpha value is -1.64. The van der Waals surface area contributed by atoms with Gasteiger partial charge in [-0.15, -0.1) is 0 Å². The number of hydrogen-bond donors (Lipinski definition) is 1. The first kappa shape index (κ1) is 15.3. The lowest BCUT2D eigenvalue weighted by atomic mass is 9.50. The highest BCUT2D eigenvalue weighted by atomic mass is 16.3. The molecule has 2 atom stereocenters. The summed E-state index contributed by atoms with van der Waals surface area (Å²) in [5.41, 5.74) is 1.68. The van der Waals surface area contributed by atoms with Gasteiger partial charge in [0.15, 0.2) is 5.75 Å². The van der Waals surface area contributed by atoms with Crippen LogP contribution in [0.3, 0.4) is 0 Å². The van der Waals surface area contributed by atoms with E-state index in [4.69, 9.17) is 0 Å². The van der Waals surface area contributed by atoms with E-state index in [1.54, 1.807) is 6.92 Å². The largest absolute Gasteiger partial charge is 0.504 e. The second-order valence-corrected chi connectivity index (χ2v) is 7.72. The van der Waals surface area contributed by atoms with E-state index in [0.29, 0.717) is 5.56 Å². The van der Waals surface area contributed by atoms with Gasteiger partial charge in [0.1, 0.15) is 6.29 Å². The van der Waals surface area contributed by atoms with E-state index in [9.17, 15) is 14.7 Å². The molecule has 3 nitrogen and oxygen atoms in total. The lowest BCUT2D eigenvalue weighted by molar-refractivity contribution is -0.119. The minimum absolute atomic E-state index is 0.103. The number of aldehydes is 1. The minimum atomic E-state index is -0.563. The summed E-state index contributed by atoms with van der Waals surface area (Å²) in [4.78, 5) is 24.4. The van der Waals surface area contributed by atoms with Crippen LogP contribution in [0.1, 0.15) is 56.2 Å². The molecule has 3 heteroatoms. The van der Waals surface area contributed by atoms with Gasteiger partial charge < -0.3 is 9.90 Å². The van der Waals surface area contributed by atoms with Crippen LogP contribution in [0.5, 0.6) is 5.75 Å². The average molecular weight is 300 g/mol. The molecule has 0 spiro atoms. The predicted octanol–water partition coefficient (Wildman–Crippen LogP) is 3.27. The molecule has 0 aliphatic heterocycles. The topological polar surface area (TPSA) is 54.4 Å². The number of carbonyl (C=O) groups excluding carboxylic acids is 1. The minimum Gasteiger partial charge on any atom is -0.504 e. The van der Waals surface area contributed by atoms with Crippen molar-refractivity contribution in [3.05, 3.63) is 39.0 Å². The molecule has 2 aliphatic rings. The van der Waals surface area contributed by atoms with Crippen LogP contribution in [0.15, 0.2) is 16.9 Å². The smallest absolute Gasteiger partial charge is 0.220 e. The monoisotopic (exact) mass is 300 g/mol. The Morgan fingerprint density at radius 3 is 2.68 bits per heavy atom. The summed E-state index contributed by atoms with van der Waals surface area (Å²) < 4.78 is 0. The van der Waals surface area contributed by atoms with Crippen molar-refractivity contribution < 1.29 is 9.90 Å². The molecule has 0 aromatic heterocycles. The summed E-state index contributed by atoms with van der Waals surface area (Å²) in [5.74, 6) is 0.0741. The Kier molecular flexibility index (Phi) is 3.42. The molecule has 0 heterocycles. The van der Waals surface area contributed by atoms with Gasteiger partial charge in [-0.2, -0.15) is 0 Å². The number of aryl methyl sites for hydroxylation is 2. The van der Waals surface area contributed by atoms with E-state index in [2.05, 4.69) is 13.8 Å². The summed E-state index contributed by atoms with van der Waals surface area (Å²) in [6.07, 6.45) is 5.85. The third-order valence-corrected chi connectivity index (χ3v) is 6.01. The third kappa shape index (κ3) is 2.02. The molecule has 1 aromatic carbocycles. The maximum atomic E-state index is 12.2. The summed E-state index contributed by atoms with van der Waals surface area (Å²) in [6.45, 7) is 6.23. The zero-order valence-corrected chi connectivity index (χ0v) is 13.6. The summed E-state index contributed by atoms with van der Waals surface area (Å²) in [7, 11) is 0. The normalized spacial score (nSPS) is 29.3. The fourth-order valence-electron chi connectivity index (χ4n) is 4.89. The van der Waals surface area contributed by atoms with E-state index >= 15 is 0 Å². The molecule has 118 valence electrons. The molecule has 2 unspecified atom stereocenters. The molecule has 0 amide bonds. The van der Waals surface area contributed by atoms with E-state index in [-0.39, 0.29) is 22.5 Å². The van der Waals surface area contributed by atoms with Crippen molar-refractivity contribution in [2.75, 3.05) is 0 Å². The molecular weight excluding hydrogens is 276 g/mol. The van der Waals surface area contributed by atoms with Crippen molar-refractivity contribution in [3.8, 4) is 5.75 Å². The average Bonchev–Trinajstić information content (AvgIpc) is 2.58. The van der Waals surface area contributed by atoms with Crippen LogP contribution < -0.4 is 5.43 Å². The maximum Gasteiger partial charge on any atom is 0.220 e. The van der Waals surface area contributed by atoms with E-state index in [1.165, 1.54) is 6.07 Å². The van der Waals surface area contributed by atoms with Gasteiger partial charge in [-0.3, -0.25) is 4.79 Å². The second-order valence-electron chi connectivity index (χ2n) is 7.72. The van der Waals surface area contributed by atoms with Gasteiger partial charge in [-0.25, -0.2) is 0 Å². The molecule has 22 heavy (non-hydrogen) atoms. The second kappa shape index (κ2) is 4.94. The Morgan fingerprint density at radius 2 is 2.00 bits per heavy atom. The van der Waals surface area contributed by atoms with Crippen LogP contribution in [0.2, 0.25) is 0 Å². The molecule has 1 N–H and O–H groups in total. The first-order valence-corrected chi connectivity index (χ1v) is 8.15. The third-order valence-electron chi connectivity index (χ3n) is 6.01. The molecule has 2 aliphatic carbocycles. The SMILES string of the molecule is Cc1cc2c(cc(=O)c1O)C1(C=O)CCCC(C)(C)C1CC2. The van der Waals surface area contributed by atoms with Crippen molar-refractivity contribution in [3.63, 3.8) is 0 Å².